The van der Waals surface area contributed by atoms with E-state index in [0.29, 0.717) is 5.69 Å². The number of benzene rings is 1. The quantitative estimate of drug-likeness (QED) is 0.861. The molecule has 1 aromatic carbocycles. The van der Waals surface area contributed by atoms with Gasteiger partial charge in [-0.25, -0.2) is 0 Å². The van der Waals surface area contributed by atoms with Gasteiger partial charge in [-0.3, -0.25) is 14.5 Å². The summed E-state index contributed by atoms with van der Waals surface area (Å²) in [5.74, 6) is -0.595. The molecular weight excluding hydrogens is 380 g/mol. The van der Waals surface area contributed by atoms with E-state index < -0.39 is 0 Å². The van der Waals surface area contributed by atoms with E-state index in [1.807, 2.05) is 32.9 Å². The SMILES string of the molecule is CC(C)(C)NC(=O)CN(C(=O)c1csnn1)c1ccc(Br)cc1. The van der Waals surface area contributed by atoms with E-state index in [-0.39, 0.29) is 29.6 Å². The molecule has 8 heteroatoms. The van der Waals surface area contributed by atoms with Gasteiger partial charge < -0.3 is 5.32 Å². The number of aromatic nitrogens is 2. The van der Waals surface area contributed by atoms with Gasteiger partial charge in [0.2, 0.25) is 5.91 Å². The summed E-state index contributed by atoms with van der Waals surface area (Å²) in [4.78, 5) is 26.3. The third-order valence-electron chi connectivity index (χ3n) is 2.78. The molecule has 6 nitrogen and oxygen atoms in total. The van der Waals surface area contributed by atoms with Crippen LogP contribution in [0.1, 0.15) is 31.3 Å². The van der Waals surface area contributed by atoms with Crippen molar-refractivity contribution in [1.82, 2.24) is 14.9 Å². The van der Waals surface area contributed by atoms with Crippen LogP contribution in [0.25, 0.3) is 0 Å². The molecule has 0 bridgehead atoms. The van der Waals surface area contributed by atoms with Gasteiger partial charge in [0.25, 0.3) is 5.91 Å². The lowest BCUT2D eigenvalue weighted by Crippen LogP contribution is -2.47. The summed E-state index contributed by atoms with van der Waals surface area (Å²) in [6, 6.07) is 7.17. The first kappa shape index (κ1) is 17.6. The van der Waals surface area contributed by atoms with Gasteiger partial charge in [0.1, 0.15) is 6.54 Å². The molecule has 0 saturated heterocycles. The second-order valence-electron chi connectivity index (χ2n) is 5.96. The van der Waals surface area contributed by atoms with Crippen LogP contribution in [0.3, 0.4) is 0 Å². The summed E-state index contributed by atoms with van der Waals surface area (Å²) in [7, 11) is 0. The summed E-state index contributed by atoms with van der Waals surface area (Å²) in [5, 5.41) is 8.22. The molecule has 2 amide bonds. The van der Waals surface area contributed by atoms with Crippen molar-refractivity contribution in [2.24, 2.45) is 0 Å². The zero-order valence-corrected chi connectivity index (χ0v) is 15.4. The van der Waals surface area contributed by atoms with Gasteiger partial charge in [0.05, 0.1) is 0 Å². The standard InChI is InChI=1S/C15H17BrN4O2S/c1-15(2,3)17-13(21)8-20(11-6-4-10(16)5-7-11)14(22)12-9-23-19-18-12/h4-7,9H,8H2,1-3H3,(H,17,21). The molecule has 2 aromatic rings. The maximum atomic E-state index is 12.6. The normalized spacial score (nSPS) is 11.1. The van der Waals surface area contributed by atoms with Gasteiger partial charge in [-0.1, -0.05) is 20.4 Å². The van der Waals surface area contributed by atoms with Crippen molar-refractivity contribution >= 4 is 45.0 Å². The molecule has 0 aliphatic rings. The van der Waals surface area contributed by atoms with Gasteiger partial charge >= 0.3 is 0 Å². The molecule has 1 N–H and O–H groups in total. The van der Waals surface area contributed by atoms with E-state index in [1.54, 1.807) is 17.5 Å². The van der Waals surface area contributed by atoms with Crippen LogP contribution >= 0.6 is 27.5 Å². The Kier molecular flexibility index (Phi) is 5.48. The minimum absolute atomic E-state index is 0.0880. The number of rotatable bonds is 4. The molecule has 0 radical (unpaired) electrons. The van der Waals surface area contributed by atoms with Crippen molar-refractivity contribution in [2.45, 2.75) is 26.3 Å². The second-order valence-corrected chi connectivity index (χ2v) is 7.48. The van der Waals surface area contributed by atoms with E-state index in [0.717, 1.165) is 16.0 Å². The minimum atomic E-state index is -0.367. The van der Waals surface area contributed by atoms with Gasteiger partial charge in [-0.05, 0) is 56.6 Å². The van der Waals surface area contributed by atoms with Gasteiger partial charge in [0, 0.05) is 21.1 Å². The molecule has 0 atom stereocenters. The lowest BCUT2D eigenvalue weighted by atomic mass is 10.1. The summed E-state index contributed by atoms with van der Waals surface area (Å²) in [6.07, 6.45) is 0. The van der Waals surface area contributed by atoms with Crippen LogP contribution in [0.4, 0.5) is 5.69 Å². The Bertz CT molecular complexity index is 681. The number of nitrogens with one attached hydrogen (secondary N) is 1. The van der Waals surface area contributed by atoms with Crippen molar-refractivity contribution in [2.75, 3.05) is 11.4 Å². The maximum absolute atomic E-state index is 12.6. The smallest absolute Gasteiger partial charge is 0.280 e. The van der Waals surface area contributed by atoms with E-state index >= 15 is 0 Å². The number of nitrogens with zero attached hydrogens (tertiary/aromatic N) is 3. The highest BCUT2D eigenvalue weighted by Crippen LogP contribution is 2.20. The lowest BCUT2D eigenvalue weighted by molar-refractivity contribution is -0.121. The first-order chi connectivity index (χ1) is 10.8. The number of halogens is 1. The van der Waals surface area contributed by atoms with Crippen LogP contribution in [0.5, 0.6) is 0 Å². The van der Waals surface area contributed by atoms with Crippen molar-refractivity contribution < 1.29 is 9.59 Å². The Morgan fingerprint density at radius 2 is 1.91 bits per heavy atom. The molecule has 0 unspecified atom stereocenters. The number of amides is 2. The average molecular weight is 397 g/mol. The fraction of sp³-hybridized carbons (Fsp3) is 0.333. The van der Waals surface area contributed by atoms with Crippen LogP contribution in [0.15, 0.2) is 34.1 Å². The van der Waals surface area contributed by atoms with Gasteiger partial charge in [-0.15, -0.1) is 5.10 Å². The van der Waals surface area contributed by atoms with Crippen LogP contribution in [0, 0.1) is 0 Å². The first-order valence-corrected chi connectivity index (χ1v) is 8.55. The summed E-state index contributed by atoms with van der Waals surface area (Å²) >= 11 is 4.45. The molecule has 1 heterocycles. The van der Waals surface area contributed by atoms with Gasteiger partial charge in [-0.2, -0.15) is 0 Å². The molecule has 1 aromatic heterocycles. The molecule has 122 valence electrons. The average Bonchev–Trinajstić information content (AvgIpc) is 2.97. The van der Waals surface area contributed by atoms with Crippen molar-refractivity contribution in [3.63, 3.8) is 0 Å². The molecule has 0 fully saturated rings. The summed E-state index contributed by atoms with van der Waals surface area (Å²) < 4.78 is 4.60. The monoisotopic (exact) mass is 396 g/mol. The van der Waals surface area contributed by atoms with Gasteiger partial charge in [0.15, 0.2) is 5.69 Å². The summed E-state index contributed by atoms with van der Waals surface area (Å²) in [6.45, 7) is 5.58. The fourth-order valence-corrected chi connectivity index (χ4v) is 2.59. The van der Waals surface area contributed by atoms with Crippen molar-refractivity contribution in [1.29, 1.82) is 0 Å². The van der Waals surface area contributed by atoms with E-state index in [1.165, 1.54) is 4.90 Å². The Labute approximate surface area is 147 Å². The molecule has 0 aliphatic carbocycles. The van der Waals surface area contributed by atoms with Crippen LogP contribution in [0.2, 0.25) is 0 Å². The third kappa shape index (κ3) is 5.11. The highest BCUT2D eigenvalue weighted by molar-refractivity contribution is 9.10. The lowest BCUT2D eigenvalue weighted by Gasteiger charge is -2.25. The molecule has 0 spiro atoms. The highest BCUT2D eigenvalue weighted by Gasteiger charge is 2.24. The topological polar surface area (TPSA) is 75.2 Å². The Balaban J connectivity index is 2.26. The summed E-state index contributed by atoms with van der Waals surface area (Å²) in [5.41, 5.74) is 0.477. The van der Waals surface area contributed by atoms with Crippen LogP contribution in [-0.4, -0.2) is 33.5 Å². The molecule has 2 rings (SSSR count). The van der Waals surface area contributed by atoms with E-state index in [2.05, 4.69) is 30.8 Å². The third-order valence-corrected chi connectivity index (χ3v) is 3.81. The Morgan fingerprint density at radius 1 is 1.26 bits per heavy atom. The second kappa shape index (κ2) is 7.18. The first-order valence-electron chi connectivity index (χ1n) is 6.92. The van der Waals surface area contributed by atoms with Crippen LogP contribution in [-0.2, 0) is 4.79 Å². The zero-order valence-electron chi connectivity index (χ0n) is 13.0. The van der Waals surface area contributed by atoms with E-state index in [9.17, 15) is 9.59 Å². The predicted molar refractivity (Wildman–Crippen MR) is 93.6 cm³/mol. The Hall–Kier alpha value is -1.80. The maximum Gasteiger partial charge on any atom is 0.280 e. The zero-order chi connectivity index (χ0) is 17.0. The molecule has 23 heavy (non-hydrogen) atoms. The Morgan fingerprint density at radius 3 is 2.43 bits per heavy atom. The predicted octanol–water partition coefficient (Wildman–Crippen LogP) is 2.86. The molecule has 0 aliphatic heterocycles. The van der Waals surface area contributed by atoms with Crippen molar-refractivity contribution in [3.8, 4) is 0 Å². The number of carbonyl (C=O) groups is 2. The number of hydrogen-bond acceptors (Lipinski definition) is 5. The highest BCUT2D eigenvalue weighted by atomic mass is 79.9. The number of carbonyl (C=O) groups excluding carboxylic acids is 2. The largest absolute Gasteiger partial charge is 0.350 e. The molecule has 0 saturated carbocycles. The van der Waals surface area contributed by atoms with Crippen LogP contribution < -0.4 is 10.2 Å². The number of anilines is 1. The fourth-order valence-electron chi connectivity index (χ4n) is 1.90. The molecular formula is C15H17BrN4O2S. The van der Waals surface area contributed by atoms with E-state index in [4.69, 9.17) is 0 Å². The minimum Gasteiger partial charge on any atom is -0.350 e. The van der Waals surface area contributed by atoms with Crippen molar-refractivity contribution in [3.05, 3.63) is 39.8 Å². The number of hydrogen-bond donors (Lipinski definition) is 1.